The number of rotatable bonds is 3. The van der Waals surface area contributed by atoms with E-state index >= 15 is 0 Å². The molecule has 3 atom stereocenters. The second kappa shape index (κ2) is 5.02. The van der Waals surface area contributed by atoms with Gasteiger partial charge >= 0.3 is 0 Å². The highest BCUT2D eigenvalue weighted by molar-refractivity contribution is 7.91. The maximum Gasteiger partial charge on any atom is 0.156 e. The van der Waals surface area contributed by atoms with Crippen molar-refractivity contribution in [1.29, 1.82) is 0 Å². The molecule has 0 bridgehead atoms. The second-order valence-corrected chi connectivity index (χ2v) is 7.69. The Balaban J connectivity index is 1.77. The summed E-state index contributed by atoms with van der Waals surface area (Å²) in [6.45, 7) is 0. The number of fused-ring (bicyclic) bond motifs is 1. The van der Waals surface area contributed by atoms with Gasteiger partial charge in [0.25, 0.3) is 0 Å². The fourth-order valence-corrected chi connectivity index (χ4v) is 4.71. The zero-order valence-corrected chi connectivity index (χ0v) is 12.2. The van der Waals surface area contributed by atoms with Crippen molar-refractivity contribution in [2.45, 2.75) is 31.1 Å². The third kappa shape index (κ3) is 2.55. The molecular weight excluding hydrogens is 278 g/mol. The Morgan fingerprint density at radius 2 is 2.15 bits per heavy atom. The zero-order chi connectivity index (χ0) is 14.3. The molecule has 0 saturated carbocycles. The lowest BCUT2D eigenvalue weighted by molar-refractivity contribution is 0.0737. The van der Waals surface area contributed by atoms with Crippen LogP contribution in [0.1, 0.15) is 23.6 Å². The van der Waals surface area contributed by atoms with Gasteiger partial charge in [0.2, 0.25) is 0 Å². The van der Waals surface area contributed by atoms with Crippen molar-refractivity contribution in [3.63, 3.8) is 0 Å². The number of aliphatic hydroxyl groups is 1. The second-order valence-electron chi connectivity index (χ2n) is 5.54. The van der Waals surface area contributed by atoms with Crippen LogP contribution in [0.4, 0.5) is 0 Å². The van der Waals surface area contributed by atoms with E-state index in [1.165, 1.54) is 11.1 Å². The van der Waals surface area contributed by atoms with Crippen LogP contribution in [0.5, 0.6) is 5.75 Å². The molecule has 1 saturated heterocycles. The molecule has 0 spiro atoms. The normalized spacial score (nSPS) is 31.2. The summed E-state index contributed by atoms with van der Waals surface area (Å²) < 4.78 is 28.6. The number of nitrogens with one attached hydrogen (secondary N) is 1. The number of ether oxygens (including phenoxy) is 1. The molecule has 1 aromatic rings. The van der Waals surface area contributed by atoms with E-state index in [0.29, 0.717) is 11.8 Å². The Bertz CT molecular complexity index is 614. The van der Waals surface area contributed by atoms with Crippen LogP contribution in [0, 0.1) is 0 Å². The molecule has 1 heterocycles. The van der Waals surface area contributed by atoms with Gasteiger partial charge in [-0.1, -0.05) is 6.07 Å². The fraction of sp³-hybridized carbons (Fsp3) is 0.571. The van der Waals surface area contributed by atoms with Crippen molar-refractivity contribution in [2.24, 2.45) is 0 Å². The average molecular weight is 297 g/mol. The first-order chi connectivity index (χ1) is 9.48. The first-order valence-corrected chi connectivity index (χ1v) is 8.66. The molecule has 1 aliphatic carbocycles. The number of hydrogen-bond acceptors (Lipinski definition) is 5. The van der Waals surface area contributed by atoms with E-state index in [2.05, 4.69) is 5.32 Å². The number of hydrogen-bond donors (Lipinski definition) is 2. The van der Waals surface area contributed by atoms with Crippen LogP contribution in [-0.2, 0) is 16.3 Å². The molecule has 1 aliphatic heterocycles. The quantitative estimate of drug-likeness (QED) is 0.846. The van der Waals surface area contributed by atoms with Gasteiger partial charge in [0, 0.05) is 6.04 Å². The van der Waals surface area contributed by atoms with Crippen molar-refractivity contribution >= 4 is 9.84 Å². The Kier molecular flexibility index (Phi) is 3.48. The molecule has 110 valence electrons. The van der Waals surface area contributed by atoms with E-state index in [0.717, 1.165) is 12.8 Å². The third-order valence-corrected chi connectivity index (χ3v) is 5.79. The van der Waals surface area contributed by atoms with Crippen LogP contribution in [-0.4, -0.2) is 44.3 Å². The standard InChI is InChI=1S/C14H19NO4S/c1-15-12-5-2-9-6-10(3-4-11(9)12)19-14-8-20(17,18)7-13(14)16/h3-4,6,12-16H,2,5,7-8H2,1H3. The first kappa shape index (κ1) is 13.9. The van der Waals surface area contributed by atoms with Crippen LogP contribution in [0.25, 0.3) is 0 Å². The summed E-state index contributed by atoms with van der Waals surface area (Å²) in [6, 6.07) is 6.22. The van der Waals surface area contributed by atoms with E-state index in [1.807, 2.05) is 25.2 Å². The Morgan fingerprint density at radius 1 is 1.35 bits per heavy atom. The SMILES string of the molecule is CNC1CCc2cc(OC3CS(=O)(=O)CC3O)ccc21. The molecule has 6 heteroatoms. The number of aliphatic hydroxyl groups excluding tert-OH is 1. The van der Waals surface area contributed by atoms with Crippen molar-refractivity contribution in [3.05, 3.63) is 29.3 Å². The predicted octanol–water partition coefficient (Wildman–Crippen LogP) is 0.430. The van der Waals surface area contributed by atoms with Gasteiger partial charge in [-0.3, -0.25) is 0 Å². The summed E-state index contributed by atoms with van der Waals surface area (Å²) in [4.78, 5) is 0. The van der Waals surface area contributed by atoms with E-state index in [4.69, 9.17) is 4.74 Å². The molecule has 20 heavy (non-hydrogen) atoms. The van der Waals surface area contributed by atoms with E-state index in [-0.39, 0.29) is 11.5 Å². The summed E-state index contributed by atoms with van der Waals surface area (Å²) in [5, 5.41) is 13.0. The summed E-state index contributed by atoms with van der Waals surface area (Å²) in [5.74, 6) is 0.330. The first-order valence-electron chi connectivity index (χ1n) is 6.84. The summed E-state index contributed by atoms with van der Waals surface area (Å²) in [6.07, 6.45) is 0.470. The van der Waals surface area contributed by atoms with Gasteiger partial charge in [0.05, 0.1) is 11.5 Å². The van der Waals surface area contributed by atoms with Crippen molar-refractivity contribution < 1.29 is 18.3 Å². The minimum Gasteiger partial charge on any atom is -0.487 e. The lowest BCUT2D eigenvalue weighted by atomic mass is 10.1. The fourth-order valence-electron chi connectivity index (χ4n) is 3.05. The molecule has 1 fully saturated rings. The van der Waals surface area contributed by atoms with Gasteiger partial charge in [0.1, 0.15) is 18.0 Å². The Hall–Kier alpha value is -1.11. The van der Waals surface area contributed by atoms with Crippen LogP contribution >= 0.6 is 0 Å². The van der Waals surface area contributed by atoms with Gasteiger partial charge in [-0.15, -0.1) is 0 Å². The molecule has 3 rings (SSSR count). The maximum atomic E-state index is 11.5. The van der Waals surface area contributed by atoms with Crippen LogP contribution in [0.3, 0.4) is 0 Å². The van der Waals surface area contributed by atoms with Crippen LogP contribution in [0.2, 0.25) is 0 Å². The van der Waals surface area contributed by atoms with E-state index in [1.54, 1.807) is 0 Å². The Morgan fingerprint density at radius 3 is 2.80 bits per heavy atom. The van der Waals surface area contributed by atoms with Gasteiger partial charge in [-0.2, -0.15) is 0 Å². The number of benzene rings is 1. The summed E-state index contributed by atoms with van der Waals surface area (Å²) in [7, 11) is -1.23. The molecule has 0 aromatic heterocycles. The highest BCUT2D eigenvalue weighted by Gasteiger charge is 2.38. The third-order valence-electron chi connectivity index (χ3n) is 4.10. The van der Waals surface area contributed by atoms with Crippen molar-refractivity contribution in [2.75, 3.05) is 18.6 Å². The van der Waals surface area contributed by atoms with Gasteiger partial charge in [0.15, 0.2) is 9.84 Å². The van der Waals surface area contributed by atoms with Gasteiger partial charge in [-0.25, -0.2) is 8.42 Å². The summed E-state index contributed by atoms with van der Waals surface area (Å²) in [5.41, 5.74) is 2.51. The highest BCUT2D eigenvalue weighted by Crippen LogP contribution is 2.33. The minimum absolute atomic E-state index is 0.107. The largest absolute Gasteiger partial charge is 0.487 e. The molecule has 0 radical (unpaired) electrons. The van der Waals surface area contributed by atoms with E-state index < -0.39 is 22.0 Å². The van der Waals surface area contributed by atoms with Crippen molar-refractivity contribution in [3.8, 4) is 5.75 Å². The monoisotopic (exact) mass is 297 g/mol. The molecular formula is C14H19NO4S. The Labute approximate surface area is 118 Å². The van der Waals surface area contributed by atoms with Crippen LogP contribution < -0.4 is 10.1 Å². The van der Waals surface area contributed by atoms with E-state index in [9.17, 15) is 13.5 Å². The molecule has 1 aromatic carbocycles. The van der Waals surface area contributed by atoms with Crippen molar-refractivity contribution in [1.82, 2.24) is 5.32 Å². The lowest BCUT2D eigenvalue weighted by Gasteiger charge is -2.17. The maximum absolute atomic E-state index is 11.5. The van der Waals surface area contributed by atoms with Crippen LogP contribution in [0.15, 0.2) is 18.2 Å². The molecule has 2 N–H and O–H groups in total. The molecule has 2 aliphatic rings. The molecule has 5 nitrogen and oxygen atoms in total. The van der Waals surface area contributed by atoms with Gasteiger partial charge in [-0.05, 0) is 43.1 Å². The summed E-state index contributed by atoms with van der Waals surface area (Å²) >= 11 is 0. The average Bonchev–Trinajstić information content (AvgIpc) is 2.89. The molecule has 0 amide bonds. The smallest absolute Gasteiger partial charge is 0.156 e. The predicted molar refractivity (Wildman–Crippen MR) is 75.6 cm³/mol. The molecule has 3 unspecified atom stereocenters. The lowest BCUT2D eigenvalue weighted by Crippen LogP contribution is -2.29. The van der Waals surface area contributed by atoms with Gasteiger partial charge < -0.3 is 15.2 Å². The zero-order valence-electron chi connectivity index (χ0n) is 11.4. The number of sulfone groups is 1. The number of aryl methyl sites for hydroxylation is 1. The topological polar surface area (TPSA) is 75.6 Å². The minimum atomic E-state index is -3.17. The highest BCUT2D eigenvalue weighted by atomic mass is 32.2.